The van der Waals surface area contributed by atoms with Crippen molar-refractivity contribution in [3.8, 4) is 0 Å². The quantitative estimate of drug-likeness (QED) is 0.499. The number of benzene rings is 1. The zero-order chi connectivity index (χ0) is 12.7. The Morgan fingerprint density at radius 3 is 2.59 bits per heavy atom. The third kappa shape index (κ3) is 4.12. The van der Waals surface area contributed by atoms with Gasteiger partial charge in [0.05, 0.1) is 0 Å². The molecule has 0 aliphatic carbocycles. The fraction of sp³-hybridized carbons (Fsp3) is 0.125. The molecule has 0 spiro atoms. The first-order chi connectivity index (χ1) is 8.19. The van der Waals surface area contributed by atoms with Crippen LogP contribution in [0.4, 0.5) is 0 Å². The average molecular weight is 242 g/mol. The molecule has 0 saturated carbocycles. The first-order valence-corrected chi connectivity index (χ1v) is 6.39. The maximum absolute atomic E-state index is 4.12. The highest BCUT2D eigenvalue weighted by Gasteiger charge is 2.03. The standard InChI is InChI=1S/C16H18S/c1-5-7-11-15(6-2)14(4)17-16-12-9-8-10-13(16)3/h5-12H,1,4H2,2-3H3/b11-7-,15-6+. The lowest BCUT2D eigenvalue weighted by atomic mass is 10.2. The van der Waals surface area contributed by atoms with Crippen LogP contribution in [0.25, 0.3) is 0 Å². The van der Waals surface area contributed by atoms with Crippen molar-refractivity contribution >= 4 is 11.8 Å². The van der Waals surface area contributed by atoms with E-state index in [1.807, 2.05) is 19.1 Å². The summed E-state index contributed by atoms with van der Waals surface area (Å²) in [5, 5.41) is 0. The lowest BCUT2D eigenvalue weighted by Gasteiger charge is -2.08. The largest absolute Gasteiger partial charge is 0.0991 e. The fourth-order valence-corrected chi connectivity index (χ4v) is 2.33. The van der Waals surface area contributed by atoms with Gasteiger partial charge in [-0.05, 0) is 31.1 Å². The summed E-state index contributed by atoms with van der Waals surface area (Å²) in [6, 6.07) is 8.34. The molecule has 0 bridgehead atoms. The molecule has 0 aromatic heterocycles. The zero-order valence-corrected chi connectivity index (χ0v) is 11.3. The number of hydrogen-bond acceptors (Lipinski definition) is 1. The number of rotatable bonds is 5. The van der Waals surface area contributed by atoms with Gasteiger partial charge in [0.15, 0.2) is 0 Å². The fourth-order valence-electron chi connectivity index (χ4n) is 1.38. The SMILES string of the molecule is C=C/C=C\C(=C/C)C(=C)Sc1ccccc1C. The molecule has 0 fully saturated rings. The van der Waals surface area contributed by atoms with Crippen molar-refractivity contribution in [2.45, 2.75) is 18.7 Å². The predicted molar refractivity (Wildman–Crippen MR) is 79.3 cm³/mol. The number of allylic oxidation sites excluding steroid dienone is 5. The Balaban J connectivity index is 2.82. The smallest absolute Gasteiger partial charge is 0.0151 e. The molecule has 1 rings (SSSR count). The summed E-state index contributed by atoms with van der Waals surface area (Å²) in [5.74, 6) is 0. The van der Waals surface area contributed by atoms with Crippen LogP contribution in [0, 0.1) is 6.92 Å². The third-order valence-electron chi connectivity index (χ3n) is 2.37. The van der Waals surface area contributed by atoms with E-state index in [1.54, 1.807) is 17.8 Å². The normalized spacial score (nSPS) is 11.8. The molecule has 88 valence electrons. The molecule has 0 nitrogen and oxygen atoms in total. The van der Waals surface area contributed by atoms with Gasteiger partial charge in [-0.1, -0.05) is 67.4 Å². The van der Waals surface area contributed by atoms with Crippen molar-refractivity contribution in [3.63, 3.8) is 0 Å². The van der Waals surface area contributed by atoms with Crippen molar-refractivity contribution in [1.82, 2.24) is 0 Å². The summed E-state index contributed by atoms with van der Waals surface area (Å²) in [4.78, 5) is 2.31. The molecule has 0 saturated heterocycles. The van der Waals surface area contributed by atoms with Crippen LogP contribution in [-0.4, -0.2) is 0 Å². The predicted octanol–water partition coefficient (Wildman–Crippen LogP) is 5.29. The first kappa shape index (κ1) is 13.6. The van der Waals surface area contributed by atoms with Crippen LogP contribution in [0.5, 0.6) is 0 Å². The van der Waals surface area contributed by atoms with E-state index in [1.165, 1.54) is 10.5 Å². The van der Waals surface area contributed by atoms with Crippen LogP contribution in [0.3, 0.4) is 0 Å². The average Bonchev–Trinajstić information content (AvgIpc) is 2.33. The molecule has 0 radical (unpaired) electrons. The second-order valence-electron chi connectivity index (χ2n) is 3.63. The molecule has 0 aliphatic heterocycles. The minimum Gasteiger partial charge on any atom is -0.0991 e. The molecular weight excluding hydrogens is 224 g/mol. The van der Waals surface area contributed by atoms with Crippen molar-refractivity contribution in [1.29, 1.82) is 0 Å². The highest BCUT2D eigenvalue weighted by Crippen LogP contribution is 2.32. The molecule has 0 aliphatic rings. The molecule has 0 atom stereocenters. The topological polar surface area (TPSA) is 0 Å². The summed E-state index contributed by atoms with van der Waals surface area (Å²) in [5.41, 5.74) is 2.42. The van der Waals surface area contributed by atoms with Crippen molar-refractivity contribution in [2.24, 2.45) is 0 Å². The Labute approximate surface area is 108 Å². The molecule has 1 aromatic rings. The van der Waals surface area contributed by atoms with E-state index >= 15 is 0 Å². The second kappa shape index (κ2) is 6.97. The van der Waals surface area contributed by atoms with Crippen molar-refractivity contribution in [3.05, 3.63) is 77.8 Å². The minimum absolute atomic E-state index is 1.06. The Morgan fingerprint density at radius 1 is 1.29 bits per heavy atom. The van der Waals surface area contributed by atoms with Gasteiger partial charge >= 0.3 is 0 Å². The summed E-state index contributed by atoms with van der Waals surface area (Å²) in [7, 11) is 0. The second-order valence-corrected chi connectivity index (χ2v) is 4.77. The van der Waals surface area contributed by atoms with Crippen LogP contribution in [0.1, 0.15) is 12.5 Å². The summed E-state index contributed by atoms with van der Waals surface area (Å²) in [6.07, 6.45) is 7.79. The maximum atomic E-state index is 4.12. The lowest BCUT2D eigenvalue weighted by molar-refractivity contribution is 1.31. The van der Waals surface area contributed by atoms with Gasteiger partial charge in [0.25, 0.3) is 0 Å². The Morgan fingerprint density at radius 2 is 2.00 bits per heavy atom. The van der Waals surface area contributed by atoms with E-state index in [0.717, 1.165) is 10.5 Å². The van der Waals surface area contributed by atoms with Gasteiger partial charge in [-0.25, -0.2) is 0 Å². The van der Waals surface area contributed by atoms with Gasteiger partial charge in [0.1, 0.15) is 0 Å². The van der Waals surface area contributed by atoms with Gasteiger partial charge in [-0.2, -0.15) is 0 Å². The molecule has 0 heterocycles. The third-order valence-corrected chi connectivity index (χ3v) is 3.53. The summed E-state index contributed by atoms with van der Waals surface area (Å²) in [6.45, 7) is 11.9. The van der Waals surface area contributed by atoms with Crippen LogP contribution >= 0.6 is 11.8 Å². The minimum atomic E-state index is 1.06. The zero-order valence-electron chi connectivity index (χ0n) is 10.4. The van der Waals surface area contributed by atoms with E-state index in [4.69, 9.17) is 0 Å². The Bertz CT molecular complexity index is 464. The molecule has 1 aromatic carbocycles. The van der Waals surface area contributed by atoms with Gasteiger partial charge in [-0.15, -0.1) is 0 Å². The van der Waals surface area contributed by atoms with E-state index in [9.17, 15) is 0 Å². The number of thioether (sulfide) groups is 1. The maximum Gasteiger partial charge on any atom is 0.0151 e. The first-order valence-electron chi connectivity index (χ1n) is 5.57. The van der Waals surface area contributed by atoms with Gasteiger partial charge in [0, 0.05) is 9.80 Å². The van der Waals surface area contributed by atoms with Crippen LogP contribution in [-0.2, 0) is 0 Å². The van der Waals surface area contributed by atoms with Crippen LogP contribution in [0.2, 0.25) is 0 Å². The molecule has 0 unspecified atom stereocenters. The summed E-state index contributed by atoms with van der Waals surface area (Å²) >= 11 is 1.71. The van der Waals surface area contributed by atoms with E-state index in [-0.39, 0.29) is 0 Å². The molecular formula is C16H18S. The van der Waals surface area contributed by atoms with Crippen LogP contribution < -0.4 is 0 Å². The number of hydrogen-bond donors (Lipinski definition) is 0. The van der Waals surface area contributed by atoms with E-state index in [0.29, 0.717) is 0 Å². The van der Waals surface area contributed by atoms with Crippen LogP contribution in [0.15, 0.2) is 77.1 Å². The van der Waals surface area contributed by atoms with Gasteiger partial charge < -0.3 is 0 Å². The lowest BCUT2D eigenvalue weighted by Crippen LogP contribution is -1.83. The Kier molecular flexibility index (Phi) is 5.58. The highest BCUT2D eigenvalue weighted by molar-refractivity contribution is 8.03. The molecule has 0 N–H and O–H groups in total. The van der Waals surface area contributed by atoms with Crippen molar-refractivity contribution < 1.29 is 0 Å². The van der Waals surface area contributed by atoms with Gasteiger partial charge in [-0.3, -0.25) is 0 Å². The molecule has 17 heavy (non-hydrogen) atoms. The van der Waals surface area contributed by atoms with Gasteiger partial charge in [0.2, 0.25) is 0 Å². The van der Waals surface area contributed by atoms with E-state index < -0.39 is 0 Å². The monoisotopic (exact) mass is 242 g/mol. The van der Waals surface area contributed by atoms with Crippen molar-refractivity contribution in [2.75, 3.05) is 0 Å². The summed E-state index contributed by atoms with van der Waals surface area (Å²) < 4.78 is 0. The molecule has 0 amide bonds. The van der Waals surface area contributed by atoms with E-state index in [2.05, 4.69) is 50.4 Å². The number of aryl methyl sites for hydroxylation is 1. The molecule has 1 heteroatoms. The highest BCUT2D eigenvalue weighted by atomic mass is 32.2. The Hall–Kier alpha value is -1.47.